The van der Waals surface area contributed by atoms with Gasteiger partial charge in [-0.1, -0.05) is 48.4 Å². The number of methoxy groups -OCH3 is 1. The highest BCUT2D eigenvalue weighted by atomic mass is 79.9. The van der Waals surface area contributed by atoms with Crippen LogP contribution in [0.3, 0.4) is 0 Å². The van der Waals surface area contributed by atoms with Gasteiger partial charge < -0.3 is 34.4 Å². The molecule has 3 fully saturated rings. The number of halogens is 1. The highest BCUT2D eigenvalue weighted by Gasteiger charge is 2.77. The Morgan fingerprint density at radius 1 is 1.24 bits per heavy atom. The van der Waals surface area contributed by atoms with Gasteiger partial charge >= 0.3 is 5.97 Å². The van der Waals surface area contributed by atoms with Crippen LogP contribution in [0.15, 0.2) is 49.6 Å². The standard InChI is InChI=1S/C34H46BrN3O8/c1-7-10-11-26(40)36-18-21(5)45-33(43)27-28-31(41)38(25(19-39)20(4)9-3)30(34(28)17-24(35)29(27)46-34)32(42)37(16-8-2)22-12-14-23(44-6)15-13-22/h7-8,12-15,20-21,24-25,27-30,39H,1-2,9-11,16-19H2,3-6H3,(H,36,40)/t20-,21-,24?,25-,27+,28-,29+,30+,34-/m0/s1. The van der Waals surface area contributed by atoms with Gasteiger partial charge in [-0.25, -0.2) is 0 Å². The molecule has 3 saturated heterocycles. The molecule has 3 heterocycles. The Labute approximate surface area is 279 Å². The van der Waals surface area contributed by atoms with Crippen LogP contribution in [0, 0.1) is 17.8 Å². The molecule has 0 aliphatic carbocycles. The number of esters is 1. The third-order valence-corrected chi connectivity index (χ3v) is 10.4. The number of carbonyl (C=O) groups is 4. The van der Waals surface area contributed by atoms with Crippen molar-refractivity contribution in [2.45, 2.75) is 81.2 Å². The topological polar surface area (TPSA) is 135 Å². The lowest BCUT2D eigenvalue weighted by atomic mass is 9.70. The molecular formula is C34H46BrN3O8. The number of ether oxygens (including phenoxy) is 3. The molecule has 1 spiro atoms. The van der Waals surface area contributed by atoms with Crippen LogP contribution < -0.4 is 15.0 Å². The second kappa shape index (κ2) is 15.1. The number of fused-ring (bicyclic) bond motifs is 1. The van der Waals surface area contributed by atoms with Crippen molar-refractivity contribution in [2.24, 2.45) is 17.8 Å². The minimum atomic E-state index is -1.34. The minimum absolute atomic E-state index is 0.105. The molecule has 3 amide bonds. The van der Waals surface area contributed by atoms with Crippen molar-refractivity contribution in [3.63, 3.8) is 0 Å². The van der Waals surface area contributed by atoms with Crippen molar-refractivity contribution in [3.8, 4) is 5.75 Å². The normalized spacial score (nSPS) is 28.2. The third kappa shape index (κ3) is 6.61. The summed E-state index contributed by atoms with van der Waals surface area (Å²) in [6.45, 7) is 12.9. The van der Waals surface area contributed by atoms with Gasteiger partial charge in [0.05, 0.1) is 44.2 Å². The Morgan fingerprint density at radius 2 is 1.93 bits per heavy atom. The van der Waals surface area contributed by atoms with Crippen LogP contribution in [0.2, 0.25) is 0 Å². The summed E-state index contributed by atoms with van der Waals surface area (Å²) in [5, 5.41) is 13.4. The maximum absolute atomic E-state index is 14.8. The van der Waals surface area contributed by atoms with Gasteiger partial charge in [0.1, 0.15) is 23.5 Å². The monoisotopic (exact) mass is 703 g/mol. The maximum atomic E-state index is 14.8. The zero-order valence-electron chi connectivity index (χ0n) is 27.0. The van der Waals surface area contributed by atoms with E-state index in [2.05, 4.69) is 34.4 Å². The molecule has 3 aliphatic rings. The van der Waals surface area contributed by atoms with Crippen LogP contribution in [0.1, 0.15) is 46.5 Å². The predicted molar refractivity (Wildman–Crippen MR) is 176 cm³/mol. The highest BCUT2D eigenvalue weighted by molar-refractivity contribution is 9.09. The van der Waals surface area contributed by atoms with Gasteiger partial charge in [-0.3, -0.25) is 19.2 Å². The minimum Gasteiger partial charge on any atom is -0.497 e. The molecule has 12 heteroatoms. The molecule has 4 rings (SSSR count). The van der Waals surface area contributed by atoms with E-state index in [1.54, 1.807) is 55.4 Å². The number of carbonyl (C=O) groups excluding carboxylic acids is 4. The number of hydrogen-bond acceptors (Lipinski definition) is 8. The van der Waals surface area contributed by atoms with E-state index in [4.69, 9.17) is 14.2 Å². The van der Waals surface area contributed by atoms with Crippen molar-refractivity contribution >= 4 is 45.3 Å². The zero-order chi connectivity index (χ0) is 33.8. The molecule has 1 aromatic carbocycles. The first kappa shape index (κ1) is 35.6. The van der Waals surface area contributed by atoms with E-state index in [0.717, 1.165) is 0 Å². The number of hydrogen-bond donors (Lipinski definition) is 2. The molecule has 46 heavy (non-hydrogen) atoms. The summed E-state index contributed by atoms with van der Waals surface area (Å²) >= 11 is 3.69. The summed E-state index contributed by atoms with van der Waals surface area (Å²) < 4.78 is 17.7. The molecule has 2 N–H and O–H groups in total. The molecule has 11 nitrogen and oxygen atoms in total. The summed E-state index contributed by atoms with van der Waals surface area (Å²) in [5.41, 5.74) is -0.768. The number of aliphatic hydroxyl groups excluding tert-OH is 1. The highest BCUT2D eigenvalue weighted by Crippen LogP contribution is 2.61. The fourth-order valence-electron chi connectivity index (χ4n) is 7.05. The van der Waals surface area contributed by atoms with E-state index < -0.39 is 59.5 Å². The Bertz CT molecular complexity index is 1310. The van der Waals surface area contributed by atoms with Crippen LogP contribution in [0.25, 0.3) is 0 Å². The number of benzene rings is 1. The number of rotatable bonds is 16. The van der Waals surface area contributed by atoms with Crippen molar-refractivity contribution in [2.75, 3.05) is 31.7 Å². The number of nitrogens with one attached hydrogen (secondary N) is 1. The summed E-state index contributed by atoms with van der Waals surface area (Å²) in [6.07, 6.45) is 3.65. The number of aliphatic hydroxyl groups is 1. The van der Waals surface area contributed by atoms with Gasteiger partial charge in [0, 0.05) is 23.5 Å². The first-order valence-corrected chi connectivity index (χ1v) is 16.8. The molecule has 1 unspecified atom stereocenters. The van der Waals surface area contributed by atoms with Crippen LogP contribution >= 0.6 is 15.9 Å². The maximum Gasteiger partial charge on any atom is 0.312 e. The van der Waals surface area contributed by atoms with Gasteiger partial charge in [0.2, 0.25) is 11.8 Å². The molecule has 252 valence electrons. The smallest absolute Gasteiger partial charge is 0.312 e. The van der Waals surface area contributed by atoms with E-state index in [-0.39, 0.29) is 42.8 Å². The van der Waals surface area contributed by atoms with E-state index in [1.165, 1.54) is 4.90 Å². The lowest BCUT2D eigenvalue weighted by Crippen LogP contribution is -2.60. The van der Waals surface area contributed by atoms with Crippen LogP contribution in [0.5, 0.6) is 5.75 Å². The van der Waals surface area contributed by atoms with Crippen LogP contribution in [-0.4, -0.2) is 95.2 Å². The second-order valence-corrected chi connectivity index (χ2v) is 13.5. The van der Waals surface area contributed by atoms with Gasteiger partial charge in [-0.15, -0.1) is 13.2 Å². The van der Waals surface area contributed by atoms with Gasteiger partial charge in [-0.05, 0) is 49.9 Å². The summed E-state index contributed by atoms with van der Waals surface area (Å²) in [5.74, 6) is -3.15. The fourth-order valence-corrected chi connectivity index (χ4v) is 7.99. The molecule has 1 aromatic rings. The first-order valence-electron chi connectivity index (χ1n) is 15.9. The average molecular weight is 705 g/mol. The Hall–Kier alpha value is -3.22. The number of likely N-dealkylation sites (tertiary alicyclic amines) is 1. The summed E-state index contributed by atoms with van der Waals surface area (Å²) in [7, 11) is 1.56. The molecule has 3 aliphatic heterocycles. The average Bonchev–Trinajstić information content (AvgIpc) is 3.65. The van der Waals surface area contributed by atoms with E-state index in [0.29, 0.717) is 30.7 Å². The van der Waals surface area contributed by atoms with Crippen molar-refractivity contribution in [1.29, 1.82) is 0 Å². The van der Waals surface area contributed by atoms with E-state index >= 15 is 0 Å². The molecule has 9 atom stereocenters. The number of amides is 3. The predicted octanol–water partition coefficient (Wildman–Crippen LogP) is 3.38. The van der Waals surface area contributed by atoms with Crippen molar-refractivity contribution in [3.05, 3.63) is 49.6 Å². The summed E-state index contributed by atoms with van der Waals surface area (Å²) in [6, 6.07) is 5.19. The van der Waals surface area contributed by atoms with E-state index in [9.17, 15) is 24.3 Å². The molecule has 0 aromatic heterocycles. The molecule has 0 saturated carbocycles. The Balaban J connectivity index is 1.71. The Kier molecular flexibility index (Phi) is 11.7. The Morgan fingerprint density at radius 3 is 2.52 bits per heavy atom. The number of alkyl halides is 1. The van der Waals surface area contributed by atoms with Crippen molar-refractivity contribution in [1.82, 2.24) is 10.2 Å². The van der Waals surface area contributed by atoms with Gasteiger partial charge in [0.25, 0.3) is 5.91 Å². The number of anilines is 1. The number of nitrogens with zero attached hydrogens (tertiary/aromatic N) is 2. The van der Waals surface area contributed by atoms with Crippen LogP contribution in [-0.2, 0) is 28.7 Å². The fraction of sp³-hybridized carbons (Fsp3) is 0.588. The first-order chi connectivity index (χ1) is 22.0. The third-order valence-electron chi connectivity index (χ3n) is 9.52. The van der Waals surface area contributed by atoms with Crippen molar-refractivity contribution < 1.29 is 38.5 Å². The second-order valence-electron chi connectivity index (χ2n) is 12.4. The molecule has 2 bridgehead atoms. The number of allylic oxidation sites excluding steroid dienone is 1. The molecular weight excluding hydrogens is 658 g/mol. The van der Waals surface area contributed by atoms with Gasteiger partial charge in [-0.2, -0.15) is 0 Å². The zero-order valence-corrected chi connectivity index (χ0v) is 28.6. The summed E-state index contributed by atoms with van der Waals surface area (Å²) in [4.78, 5) is 58.0. The quantitative estimate of drug-likeness (QED) is 0.152. The van der Waals surface area contributed by atoms with Gasteiger partial charge in [0.15, 0.2) is 0 Å². The van der Waals surface area contributed by atoms with Crippen LogP contribution in [0.4, 0.5) is 5.69 Å². The molecule has 0 radical (unpaired) electrons. The van der Waals surface area contributed by atoms with E-state index in [1.807, 2.05) is 13.8 Å². The SMILES string of the molecule is C=CCCC(=O)NC[C@H](C)OC(=O)[C@H]1[C@@H]2O[C@@]3(CC2Br)[C@@H]1C(=O)N([C@@H](CO)[C@@H](C)CC)[C@@H]3C(=O)N(CC=C)c1ccc(OC)cc1. The lowest BCUT2D eigenvalue weighted by molar-refractivity contribution is -0.160. The lowest BCUT2D eigenvalue weighted by Gasteiger charge is -2.41. The largest absolute Gasteiger partial charge is 0.497 e.